The monoisotopic (exact) mass is 248 g/mol. The molecule has 96 valence electrons. The van der Waals surface area contributed by atoms with Gasteiger partial charge in [0.15, 0.2) is 5.65 Å². The molecule has 6 heteroatoms. The fraction of sp³-hybridized carbons (Fsp3) is 0.500. The second-order valence-corrected chi connectivity index (χ2v) is 4.78. The average molecular weight is 248 g/mol. The first-order valence-corrected chi connectivity index (χ1v) is 5.86. The summed E-state index contributed by atoms with van der Waals surface area (Å²) in [5.74, 6) is -1.18. The van der Waals surface area contributed by atoms with Crippen molar-refractivity contribution >= 4 is 17.0 Å². The van der Waals surface area contributed by atoms with Crippen molar-refractivity contribution in [1.29, 1.82) is 0 Å². The summed E-state index contributed by atoms with van der Waals surface area (Å²) in [5, 5.41) is 14.2. The van der Waals surface area contributed by atoms with Crippen LogP contribution in [0.5, 0.6) is 0 Å². The molecule has 0 bridgehead atoms. The number of hydrogen-bond donors (Lipinski definition) is 1. The van der Waals surface area contributed by atoms with E-state index in [9.17, 15) is 9.90 Å². The van der Waals surface area contributed by atoms with Crippen molar-refractivity contribution in [3.8, 4) is 0 Å². The standard InChI is InChI=1S/C12H16N4O2/c1-7(2)4-8(12(17)18)10-9-5-15-16(3)11(9)14-6-13-10/h5-8H,4H2,1-3H3,(H,17,18). The van der Waals surface area contributed by atoms with Crippen molar-refractivity contribution in [2.24, 2.45) is 13.0 Å². The van der Waals surface area contributed by atoms with Crippen LogP contribution in [0.1, 0.15) is 31.9 Å². The summed E-state index contributed by atoms with van der Waals surface area (Å²) in [5.41, 5.74) is 1.21. The quantitative estimate of drug-likeness (QED) is 0.888. The second kappa shape index (κ2) is 4.72. The molecule has 18 heavy (non-hydrogen) atoms. The molecule has 0 radical (unpaired) electrons. The Kier molecular flexibility index (Phi) is 3.27. The number of carboxylic acids is 1. The fourth-order valence-corrected chi connectivity index (χ4v) is 2.06. The van der Waals surface area contributed by atoms with Crippen molar-refractivity contribution in [2.75, 3.05) is 0 Å². The van der Waals surface area contributed by atoms with Gasteiger partial charge in [0, 0.05) is 7.05 Å². The molecule has 0 aliphatic heterocycles. The smallest absolute Gasteiger partial charge is 0.312 e. The zero-order valence-electron chi connectivity index (χ0n) is 10.7. The van der Waals surface area contributed by atoms with Crippen LogP contribution in [-0.2, 0) is 11.8 Å². The second-order valence-electron chi connectivity index (χ2n) is 4.78. The largest absolute Gasteiger partial charge is 0.481 e. The van der Waals surface area contributed by atoms with Gasteiger partial charge in [-0.2, -0.15) is 5.10 Å². The highest BCUT2D eigenvalue weighted by atomic mass is 16.4. The molecule has 0 aromatic carbocycles. The number of hydrogen-bond acceptors (Lipinski definition) is 4. The maximum atomic E-state index is 11.4. The van der Waals surface area contributed by atoms with Gasteiger partial charge in [-0.25, -0.2) is 9.97 Å². The molecule has 0 saturated carbocycles. The predicted molar refractivity (Wildman–Crippen MR) is 66.1 cm³/mol. The molecule has 0 amide bonds. The third kappa shape index (κ3) is 2.18. The molecular formula is C12H16N4O2. The van der Waals surface area contributed by atoms with E-state index in [0.717, 1.165) is 0 Å². The summed E-state index contributed by atoms with van der Waals surface area (Å²) >= 11 is 0. The minimum atomic E-state index is -0.854. The van der Waals surface area contributed by atoms with Gasteiger partial charge < -0.3 is 5.11 Å². The third-order valence-electron chi connectivity index (χ3n) is 2.90. The summed E-state index contributed by atoms with van der Waals surface area (Å²) in [6.07, 6.45) is 3.58. The van der Waals surface area contributed by atoms with Crippen LogP contribution in [0, 0.1) is 5.92 Å². The van der Waals surface area contributed by atoms with Gasteiger partial charge >= 0.3 is 5.97 Å². The summed E-state index contributed by atoms with van der Waals surface area (Å²) < 4.78 is 1.62. The first-order valence-electron chi connectivity index (χ1n) is 5.86. The Morgan fingerprint density at radius 1 is 1.44 bits per heavy atom. The Hall–Kier alpha value is -1.98. The number of carbonyl (C=O) groups is 1. The highest BCUT2D eigenvalue weighted by Crippen LogP contribution is 2.27. The molecule has 0 spiro atoms. The van der Waals surface area contributed by atoms with E-state index in [2.05, 4.69) is 15.1 Å². The van der Waals surface area contributed by atoms with Gasteiger partial charge in [-0.3, -0.25) is 9.48 Å². The van der Waals surface area contributed by atoms with E-state index in [4.69, 9.17) is 0 Å². The minimum absolute atomic E-state index is 0.285. The molecule has 2 heterocycles. The first-order chi connectivity index (χ1) is 8.50. The zero-order chi connectivity index (χ0) is 13.3. The molecule has 0 aliphatic carbocycles. The van der Waals surface area contributed by atoms with Gasteiger partial charge in [0.1, 0.15) is 6.33 Å². The van der Waals surface area contributed by atoms with Crippen LogP contribution in [0.3, 0.4) is 0 Å². The van der Waals surface area contributed by atoms with Crippen LogP contribution in [0.25, 0.3) is 11.0 Å². The minimum Gasteiger partial charge on any atom is -0.481 e. The number of nitrogens with zero attached hydrogens (tertiary/aromatic N) is 4. The first kappa shape index (κ1) is 12.5. The van der Waals surface area contributed by atoms with E-state index in [1.165, 1.54) is 6.33 Å². The van der Waals surface area contributed by atoms with Crippen LogP contribution in [0.2, 0.25) is 0 Å². The lowest BCUT2D eigenvalue weighted by Gasteiger charge is -2.14. The van der Waals surface area contributed by atoms with Crippen molar-refractivity contribution in [3.05, 3.63) is 18.2 Å². The normalized spacial score (nSPS) is 13.1. The maximum Gasteiger partial charge on any atom is 0.312 e. The number of carboxylic acid groups (broad SMARTS) is 1. The summed E-state index contributed by atoms with van der Waals surface area (Å²) in [4.78, 5) is 19.7. The molecule has 2 aromatic heterocycles. The number of rotatable bonds is 4. The molecule has 2 aromatic rings. The predicted octanol–water partition coefficient (Wildman–Crippen LogP) is 1.58. The molecular weight excluding hydrogens is 232 g/mol. The number of aryl methyl sites for hydroxylation is 1. The van der Waals surface area contributed by atoms with Crippen molar-refractivity contribution in [3.63, 3.8) is 0 Å². The topological polar surface area (TPSA) is 80.9 Å². The Labute approximate surface area is 105 Å². The van der Waals surface area contributed by atoms with Crippen LogP contribution in [-0.4, -0.2) is 30.8 Å². The van der Waals surface area contributed by atoms with E-state index in [0.29, 0.717) is 23.1 Å². The van der Waals surface area contributed by atoms with E-state index < -0.39 is 11.9 Å². The van der Waals surface area contributed by atoms with Crippen LogP contribution >= 0.6 is 0 Å². The summed E-state index contributed by atoms with van der Waals surface area (Å²) in [7, 11) is 1.78. The van der Waals surface area contributed by atoms with E-state index in [-0.39, 0.29) is 5.92 Å². The van der Waals surface area contributed by atoms with Crippen molar-refractivity contribution in [1.82, 2.24) is 19.7 Å². The molecule has 0 fully saturated rings. The SMILES string of the molecule is CC(C)CC(C(=O)O)c1ncnc2c1cnn2C. The number of aromatic nitrogens is 4. The molecule has 6 nitrogen and oxygen atoms in total. The highest BCUT2D eigenvalue weighted by Gasteiger charge is 2.25. The lowest BCUT2D eigenvalue weighted by Crippen LogP contribution is -2.16. The highest BCUT2D eigenvalue weighted by molar-refractivity contribution is 5.85. The van der Waals surface area contributed by atoms with Crippen molar-refractivity contribution < 1.29 is 9.90 Å². The zero-order valence-corrected chi connectivity index (χ0v) is 10.7. The molecule has 1 atom stereocenters. The Morgan fingerprint density at radius 2 is 2.17 bits per heavy atom. The summed E-state index contributed by atoms with van der Waals surface area (Å²) in [6.45, 7) is 4.00. The average Bonchev–Trinajstić information content (AvgIpc) is 2.68. The van der Waals surface area contributed by atoms with Gasteiger partial charge in [-0.15, -0.1) is 0 Å². The molecule has 1 N–H and O–H groups in total. The van der Waals surface area contributed by atoms with Gasteiger partial charge in [-0.05, 0) is 12.3 Å². The van der Waals surface area contributed by atoms with Gasteiger partial charge in [0.25, 0.3) is 0 Å². The molecule has 0 saturated heterocycles. The Bertz CT molecular complexity index is 576. The third-order valence-corrected chi connectivity index (χ3v) is 2.90. The van der Waals surface area contributed by atoms with Gasteiger partial charge in [0.05, 0.1) is 23.2 Å². The molecule has 1 unspecified atom stereocenters. The van der Waals surface area contributed by atoms with E-state index >= 15 is 0 Å². The number of fused-ring (bicyclic) bond motifs is 1. The van der Waals surface area contributed by atoms with E-state index in [1.807, 2.05) is 13.8 Å². The molecule has 2 rings (SSSR count). The van der Waals surface area contributed by atoms with Gasteiger partial charge in [-0.1, -0.05) is 13.8 Å². The Balaban J connectivity index is 2.53. The van der Waals surface area contributed by atoms with Crippen LogP contribution < -0.4 is 0 Å². The molecule has 0 aliphatic rings. The Morgan fingerprint density at radius 3 is 2.78 bits per heavy atom. The van der Waals surface area contributed by atoms with E-state index in [1.54, 1.807) is 17.9 Å². The van der Waals surface area contributed by atoms with Gasteiger partial charge in [0.2, 0.25) is 0 Å². The lowest BCUT2D eigenvalue weighted by atomic mass is 9.93. The lowest BCUT2D eigenvalue weighted by molar-refractivity contribution is -0.139. The van der Waals surface area contributed by atoms with Crippen LogP contribution in [0.4, 0.5) is 0 Å². The fourth-order valence-electron chi connectivity index (χ4n) is 2.06. The van der Waals surface area contributed by atoms with Crippen LogP contribution in [0.15, 0.2) is 12.5 Å². The maximum absolute atomic E-state index is 11.4. The summed E-state index contributed by atoms with van der Waals surface area (Å²) in [6, 6.07) is 0. The number of aliphatic carboxylic acids is 1. The van der Waals surface area contributed by atoms with Crippen molar-refractivity contribution in [2.45, 2.75) is 26.2 Å².